The maximum Gasteiger partial charge on any atom is 0.254 e. The normalized spacial score (nSPS) is 17.6. The van der Waals surface area contributed by atoms with Crippen molar-refractivity contribution < 1.29 is 14.3 Å². The van der Waals surface area contributed by atoms with E-state index in [9.17, 15) is 4.79 Å². The molecular formula is C17H26N2O3. The van der Waals surface area contributed by atoms with Crippen LogP contribution in [0.3, 0.4) is 0 Å². The summed E-state index contributed by atoms with van der Waals surface area (Å²) >= 11 is 0. The molecule has 1 unspecified atom stereocenters. The van der Waals surface area contributed by atoms with Gasteiger partial charge in [-0.1, -0.05) is 13.3 Å². The zero-order chi connectivity index (χ0) is 15.9. The van der Waals surface area contributed by atoms with Gasteiger partial charge in [-0.15, -0.1) is 0 Å². The molecule has 0 bridgehead atoms. The predicted molar refractivity (Wildman–Crippen MR) is 86.5 cm³/mol. The second-order valence-electron chi connectivity index (χ2n) is 5.71. The molecule has 1 aromatic carbocycles. The van der Waals surface area contributed by atoms with E-state index in [0.717, 1.165) is 32.4 Å². The first-order valence-electron chi connectivity index (χ1n) is 7.99. The summed E-state index contributed by atoms with van der Waals surface area (Å²) in [5.41, 5.74) is 6.32. The van der Waals surface area contributed by atoms with E-state index in [2.05, 4.69) is 6.92 Å². The van der Waals surface area contributed by atoms with Crippen molar-refractivity contribution in [3.05, 3.63) is 23.8 Å². The van der Waals surface area contributed by atoms with E-state index in [0.29, 0.717) is 36.1 Å². The number of hydrogen-bond donors (Lipinski definition) is 1. The van der Waals surface area contributed by atoms with Gasteiger partial charge in [0.25, 0.3) is 5.91 Å². The van der Waals surface area contributed by atoms with Gasteiger partial charge < -0.3 is 20.1 Å². The van der Waals surface area contributed by atoms with E-state index in [1.807, 2.05) is 17.0 Å². The third-order valence-corrected chi connectivity index (χ3v) is 4.07. The number of rotatable bonds is 7. The number of nitrogens with zero attached hydrogens (tertiary/aromatic N) is 1. The van der Waals surface area contributed by atoms with Crippen molar-refractivity contribution in [2.24, 2.45) is 11.7 Å². The highest BCUT2D eigenvalue weighted by Gasteiger charge is 2.26. The van der Waals surface area contributed by atoms with E-state index in [1.165, 1.54) is 0 Å². The molecule has 0 radical (unpaired) electrons. The summed E-state index contributed by atoms with van der Waals surface area (Å²) in [5, 5.41) is 0. The summed E-state index contributed by atoms with van der Waals surface area (Å²) in [7, 11) is 1.59. The highest BCUT2D eigenvalue weighted by molar-refractivity contribution is 5.95. The largest absolute Gasteiger partial charge is 0.493 e. The number of carbonyl (C=O) groups is 1. The highest BCUT2D eigenvalue weighted by atomic mass is 16.5. The third kappa shape index (κ3) is 3.91. The van der Waals surface area contributed by atoms with Crippen molar-refractivity contribution in [3.63, 3.8) is 0 Å². The van der Waals surface area contributed by atoms with Crippen molar-refractivity contribution in [3.8, 4) is 11.5 Å². The molecule has 1 aliphatic heterocycles. The minimum absolute atomic E-state index is 0.0364. The molecule has 1 amide bonds. The van der Waals surface area contributed by atoms with Crippen molar-refractivity contribution >= 4 is 5.91 Å². The molecule has 22 heavy (non-hydrogen) atoms. The molecule has 5 heteroatoms. The van der Waals surface area contributed by atoms with E-state index in [-0.39, 0.29) is 5.91 Å². The molecule has 1 atom stereocenters. The maximum absolute atomic E-state index is 12.5. The molecule has 122 valence electrons. The second kappa shape index (κ2) is 8.03. The van der Waals surface area contributed by atoms with Crippen molar-refractivity contribution in [2.75, 3.05) is 33.4 Å². The van der Waals surface area contributed by atoms with Crippen LogP contribution in [0.5, 0.6) is 11.5 Å². The van der Waals surface area contributed by atoms with E-state index in [1.54, 1.807) is 13.2 Å². The SMILES string of the molecule is CCCCOc1ccc(C(=O)N2CCC(CN)C2)cc1OC. The Labute approximate surface area is 132 Å². The molecule has 0 saturated carbocycles. The average Bonchev–Trinajstić information content (AvgIpc) is 3.03. The number of hydrogen-bond acceptors (Lipinski definition) is 4. The number of benzene rings is 1. The molecule has 1 aliphatic rings. The average molecular weight is 306 g/mol. The van der Waals surface area contributed by atoms with Gasteiger partial charge in [0.1, 0.15) is 0 Å². The van der Waals surface area contributed by atoms with Gasteiger partial charge in [0, 0.05) is 18.7 Å². The summed E-state index contributed by atoms with van der Waals surface area (Å²) in [4.78, 5) is 14.4. The van der Waals surface area contributed by atoms with Gasteiger partial charge in [0.2, 0.25) is 0 Å². The smallest absolute Gasteiger partial charge is 0.254 e. The molecule has 1 saturated heterocycles. The summed E-state index contributed by atoms with van der Waals surface area (Å²) < 4.78 is 11.1. The van der Waals surface area contributed by atoms with Crippen LogP contribution in [0.15, 0.2) is 18.2 Å². The van der Waals surface area contributed by atoms with Crippen molar-refractivity contribution in [2.45, 2.75) is 26.2 Å². The van der Waals surface area contributed by atoms with Gasteiger partial charge in [-0.2, -0.15) is 0 Å². The van der Waals surface area contributed by atoms with Crippen LogP contribution in [-0.4, -0.2) is 44.2 Å². The predicted octanol–water partition coefficient (Wildman–Crippen LogP) is 2.29. The highest BCUT2D eigenvalue weighted by Crippen LogP contribution is 2.29. The minimum Gasteiger partial charge on any atom is -0.493 e. The van der Waals surface area contributed by atoms with Crippen LogP contribution in [-0.2, 0) is 0 Å². The molecule has 1 heterocycles. The Balaban J connectivity index is 2.06. The fraction of sp³-hybridized carbons (Fsp3) is 0.588. The second-order valence-corrected chi connectivity index (χ2v) is 5.71. The molecule has 5 nitrogen and oxygen atoms in total. The van der Waals surface area contributed by atoms with Crippen molar-refractivity contribution in [1.82, 2.24) is 4.90 Å². The number of methoxy groups -OCH3 is 1. The van der Waals surface area contributed by atoms with Crippen LogP contribution >= 0.6 is 0 Å². The molecule has 0 aromatic heterocycles. The van der Waals surface area contributed by atoms with Crippen LogP contribution in [0.25, 0.3) is 0 Å². The van der Waals surface area contributed by atoms with Crippen molar-refractivity contribution in [1.29, 1.82) is 0 Å². The van der Waals surface area contributed by atoms with Crippen LogP contribution in [0.4, 0.5) is 0 Å². The number of ether oxygens (including phenoxy) is 2. The molecule has 1 aromatic rings. The Morgan fingerprint density at radius 2 is 2.23 bits per heavy atom. The molecule has 0 aliphatic carbocycles. The quantitative estimate of drug-likeness (QED) is 0.785. The third-order valence-electron chi connectivity index (χ3n) is 4.07. The van der Waals surface area contributed by atoms with Gasteiger partial charge in [-0.3, -0.25) is 4.79 Å². The van der Waals surface area contributed by atoms with Crippen LogP contribution in [0.2, 0.25) is 0 Å². The first-order chi connectivity index (χ1) is 10.7. The number of amides is 1. The van der Waals surface area contributed by atoms with Gasteiger partial charge in [0.05, 0.1) is 13.7 Å². The van der Waals surface area contributed by atoms with Crippen LogP contribution in [0.1, 0.15) is 36.5 Å². The first kappa shape index (κ1) is 16.6. The zero-order valence-corrected chi connectivity index (χ0v) is 13.5. The van der Waals surface area contributed by atoms with E-state index >= 15 is 0 Å². The lowest BCUT2D eigenvalue weighted by atomic mass is 10.1. The van der Waals surface area contributed by atoms with Crippen LogP contribution < -0.4 is 15.2 Å². The lowest BCUT2D eigenvalue weighted by Crippen LogP contribution is -2.29. The minimum atomic E-state index is 0.0364. The molecule has 0 spiro atoms. The number of likely N-dealkylation sites (tertiary alicyclic amines) is 1. The monoisotopic (exact) mass is 306 g/mol. The first-order valence-corrected chi connectivity index (χ1v) is 7.99. The lowest BCUT2D eigenvalue weighted by molar-refractivity contribution is 0.0787. The molecule has 2 rings (SSSR count). The Morgan fingerprint density at radius 1 is 1.41 bits per heavy atom. The van der Waals surface area contributed by atoms with Crippen LogP contribution in [0, 0.1) is 5.92 Å². The topological polar surface area (TPSA) is 64.8 Å². The Bertz CT molecular complexity index is 505. The summed E-state index contributed by atoms with van der Waals surface area (Å²) in [5.74, 6) is 1.75. The summed E-state index contributed by atoms with van der Waals surface area (Å²) in [6.45, 7) is 4.93. The fourth-order valence-corrected chi connectivity index (χ4v) is 2.64. The molecule has 2 N–H and O–H groups in total. The van der Waals surface area contributed by atoms with Gasteiger partial charge in [-0.05, 0) is 43.5 Å². The van der Waals surface area contributed by atoms with E-state index in [4.69, 9.17) is 15.2 Å². The molecular weight excluding hydrogens is 280 g/mol. The maximum atomic E-state index is 12.5. The Hall–Kier alpha value is -1.75. The Morgan fingerprint density at radius 3 is 2.86 bits per heavy atom. The van der Waals surface area contributed by atoms with Gasteiger partial charge >= 0.3 is 0 Å². The Kier molecular flexibility index (Phi) is 6.07. The number of carbonyl (C=O) groups excluding carboxylic acids is 1. The lowest BCUT2D eigenvalue weighted by Gasteiger charge is -2.17. The standard InChI is InChI=1S/C17H26N2O3/c1-3-4-9-22-15-6-5-14(10-16(15)21-2)17(20)19-8-7-13(11-18)12-19/h5-6,10,13H,3-4,7-9,11-12,18H2,1-2H3. The summed E-state index contributed by atoms with van der Waals surface area (Å²) in [6.07, 6.45) is 3.06. The number of unbranched alkanes of at least 4 members (excludes halogenated alkanes) is 1. The van der Waals surface area contributed by atoms with E-state index < -0.39 is 0 Å². The molecule has 1 fully saturated rings. The van der Waals surface area contributed by atoms with Gasteiger partial charge in [0.15, 0.2) is 11.5 Å². The summed E-state index contributed by atoms with van der Waals surface area (Å²) in [6, 6.07) is 5.39. The number of nitrogens with two attached hydrogens (primary N) is 1. The van der Waals surface area contributed by atoms with Gasteiger partial charge in [-0.25, -0.2) is 0 Å². The zero-order valence-electron chi connectivity index (χ0n) is 13.5. The fourth-order valence-electron chi connectivity index (χ4n) is 2.64.